The van der Waals surface area contributed by atoms with Crippen LogP contribution in [0.4, 0.5) is 16.2 Å². The van der Waals surface area contributed by atoms with Crippen molar-refractivity contribution in [3.8, 4) is 11.5 Å². The van der Waals surface area contributed by atoms with Crippen LogP contribution >= 0.6 is 0 Å². The van der Waals surface area contributed by atoms with Crippen LogP contribution in [0.15, 0.2) is 36.5 Å². The van der Waals surface area contributed by atoms with E-state index in [-0.39, 0.29) is 6.03 Å². The van der Waals surface area contributed by atoms with Crippen LogP contribution in [0.5, 0.6) is 11.5 Å². The first kappa shape index (κ1) is 16.1. The molecule has 3 N–H and O–H groups in total. The van der Waals surface area contributed by atoms with E-state index in [1.165, 1.54) is 0 Å². The Morgan fingerprint density at radius 3 is 2.92 bits per heavy atom. The number of rotatable bonds is 4. The van der Waals surface area contributed by atoms with Crippen LogP contribution < -0.4 is 25.2 Å². The summed E-state index contributed by atoms with van der Waals surface area (Å²) in [5.41, 5.74) is 6.37. The molecule has 1 aliphatic rings. The van der Waals surface area contributed by atoms with Crippen molar-refractivity contribution in [3.05, 3.63) is 42.1 Å². The highest BCUT2D eigenvalue weighted by Crippen LogP contribution is 2.40. The Bertz CT molecular complexity index is 969. The normalized spacial score (nSPS) is 12.8. The van der Waals surface area contributed by atoms with Crippen molar-refractivity contribution in [3.63, 3.8) is 0 Å². The van der Waals surface area contributed by atoms with Crippen molar-refractivity contribution in [2.24, 2.45) is 0 Å². The molecule has 2 aromatic carbocycles. The lowest BCUT2D eigenvalue weighted by molar-refractivity contribution is 0.251. The predicted octanol–water partition coefficient (Wildman–Crippen LogP) is 2.68. The lowest BCUT2D eigenvalue weighted by Gasteiger charge is -2.21. The van der Waals surface area contributed by atoms with Gasteiger partial charge in [0.05, 0.1) is 37.3 Å². The molecule has 8 nitrogen and oxygen atoms in total. The minimum Gasteiger partial charge on any atom is -0.493 e. The second-order valence-electron chi connectivity index (χ2n) is 5.90. The van der Waals surface area contributed by atoms with Gasteiger partial charge in [0.15, 0.2) is 11.5 Å². The number of urea groups is 1. The number of aromatic nitrogens is 2. The fourth-order valence-electron chi connectivity index (χ4n) is 3.29. The number of nitrogens with zero attached hydrogens (tertiary/aromatic N) is 2. The molecule has 1 aliphatic heterocycles. The molecule has 3 aromatic rings. The average Bonchev–Trinajstić information content (AvgIpc) is 3.28. The van der Waals surface area contributed by atoms with Gasteiger partial charge in [-0.2, -0.15) is 5.10 Å². The number of amides is 2. The van der Waals surface area contributed by atoms with E-state index in [0.29, 0.717) is 23.7 Å². The van der Waals surface area contributed by atoms with Crippen LogP contribution in [0.25, 0.3) is 10.9 Å². The Labute approximate surface area is 150 Å². The van der Waals surface area contributed by atoms with E-state index < -0.39 is 0 Å². The Hall–Kier alpha value is -3.42. The highest BCUT2D eigenvalue weighted by atomic mass is 16.5. The second kappa shape index (κ2) is 6.47. The number of anilines is 2. The van der Waals surface area contributed by atoms with E-state index in [9.17, 15) is 4.79 Å². The Balaban J connectivity index is 1.53. The van der Waals surface area contributed by atoms with E-state index >= 15 is 0 Å². The van der Waals surface area contributed by atoms with Crippen LogP contribution in [-0.2, 0) is 6.42 Å². The minimum absolute atomic E-state index is 0.318. The standard InChI is InChI=1S/C18H19N5O3/c1-25-16-7-6-15-11(17(16)26-2)8-9-23(15)22-18(24)20-13-4-3-5-14-12(13)10-19-21-14/h3-7,10H,8-9H2,1-2H3,(H,19,21)(H2,20,22,24). The van der Waals surface area contributed by atoms with Crippen molar-refractivity contribution in [1.29, 1.82) is 0 Å². The monoisotopic (exact) mass is 353 g/mol. The molecule has 0 bridgehead atoms. The van der Waals surface area contributed by atoms with Crippen molar-refractivity contribution in [2.75, 3.05) is 31.1 Å². The van der Waals surface area contributed by atoms with E-state index in [1.807, 2.05) is 35.3 Å². The highest BCUT2D eigenvalue weighted by molar-refractivity contribution is 6.00. The number of fused-ring (bicyclic) bond motifs is 2. The van der Waals surface area contributed by atoms with Gasteiger partial charge in [-0.05, 0) is 30.7 Å². The first-order chi connectivity index (χ1) is 12.7. The summed E-state index contributed by atoms with van der Waals surface area (Å²) in [6.45, 7) is 0.655. The fraction of sp³-hybridized carbons (Fsp3) is 0.222. The number of hydrazine groups is 1. The molecule has 0 saturated heterocycles. The summed E-state index contributed by atoms with van der Waals surface area (Å²) >= 11 is 0. The molecule has 8 heteroatoms. The molecule has 0 radical (unpaired) electrons. The van der Waals surface area contributed by atoms with Crippen molar-refractivity contribution >= 4 is 28.3 Å². The third-order valence-corrected chi connectivity index (χ3v) is 4.47. The maximum atomic E-state index is 12.5. The second-order valence-corrected chi connectivity index (χ2v) is 5.90. The molecular formula is C18H19N5O3. The van der Waals surface area contributed by atoms with E-state index in [4.69, 9.17) is 9.47 Å². The van der Waals surface area contributed by atoms with Crippen LogP contribution in [0.2, 0.25) is 0 Å². The van der Waals surface area contributed by atoms with Crippen molar-refractivity contribution in [1.82, 2.24) is 15.6 Å². The van der Waals surface area contributed by atoms with Crippen LogP contribution in [-0.4, -0.2) is 37.0 Å². The summed E-state index contributed by atoms with van der Waals surface area (Å²) in [5, 5.41) is 12.4. The van der Waals surface area contributed by atoms with Crippen molar-refractivity contribution in [2.45, 2.75) is 6.42 Å². The van der Waals surface area contributed by atoms with Gasteiger partial charge in [0, 0.05) is 17.5 Å². The molecule has 2 amide bonds. The van der Waals surface area contributed by atoms with Crippen LogP contribution in [0.1, 0.15) is 5.56 Å². The number of benzene rings is 2. The van der Waals surface area contributed by atoms with Crippen LogP contribution in [0, 0.1) is 0 Å². The van der Waals surface area contributed by atoms with Gasteiger partial charge in [-0.15, -0.1) is 0 Å². The Kier molecular flexibility index (Phi) is 4.00. The Morgan fingerprint density at radius 1 is 1.23 bits per heavy atom. The quantitative estimate of drug-likeness (QED) is 0.671. The van der Waals surface area contributed by atoms with Gasteiger partial charge < -0.3 is 14.8 Å². The van der Waals surface area contributed by atoms with E-state index in [1.54, 1.807) is 20.4 Å². The zero-order chi connectivity index (χ0) is 18.1. The summed E-state index contributed by atoms with van der Waals surface area (Å²) in [6.07, 6.45) is 2.44. The van der Waals surface area contributed by atoms with Crippen LogP contribution in [0.3, 0.4) is 0 Å². The molecule has 2 heterocycles. The largest absolute Gasteiger partial charge is 0.493 e. The molecule has 0 unspecified atom stereocenters. The Morgan fingerprint density at radius 2 is 2.12 bits per heavy atom. The minimum atomic E-state index is -0.318. The summed E-state index contributed by atoms with van der Waals surface area (Å²) in [4.78, 5) is 12.5. The number of carbonyl (C=O) groups excluding carboxylic acids is 1. The molecule has 0 atom stereocenters. The van der Waals surface area contributed by atoms with E-state index in [0.717, 1.165) is 28.6 Å². The number of carbonyl (C=O) groups is 1. The number of hydrogen-bond donors (Lipinski definition) is 3. The third-order valence-electron chi connectivity index (χ3n) is 4.47. The number of ether oxygens (including phenoxy) is 2. The number of hydrogen-bond acceptors (Lipinski definition) is 5. The zero-order valence-corrected chi connectivity index (χ0v) is 14.5. The first-order valence-electron chi connectivity index (χ1n) is 8.22. The lowest BCUT2D eigenvalue weighted by Crippen LogP contribution is -2.43. The molecule has 4 rings (SSSR count). The maximum absolute atomic E-state index is 12.5. The number of nitrogens with one attached hydrogen (secondary N) is 3. The van der Waals surface area contributed by atoms with Gasteiger partial charge in [0.2, 0.25) is 0 Å². The molecule has 0 saturated carbocycles. The van der Waals surface area contributed by atoms with Gasteiger partial charge in [-0.1, -0.05) is 6.07 Å². The van der Waals surface area contributed by atoms with Gasteiger partial charge >= 0.3 is 6.03 Å². The topological polar surface area (TPSA) is 91.5 Å². The summed E-state index contributed by atoms with van der Waals surface area (Å²) in [6, 6.07) is 9.03. The summed E-state index contributed by atoms with van der Waals surface area (Å²) < 4.78 is 10.8. The number of H-pyrrole nitrogens is 1. The average molecular weight is 353 g/mol. The molecule has 1 aromatic heterocycles. The van der Waals surface area contributed by atoms with Gasteiger partial charge in [-0.3, -0.25) is 10.1 Å². The van der Waals surface area contributed by atoms with Gasteiger partial charge in [0.25, 0.3) is 0 Å². The maximum Gasteiger partial charge on any atom is 0.338 e. The number of aromatic amines is 1. The molecule has 0 spiro atoms. The van der Waals surface area contributed by atoms with Gasteiger partial charge in [0.1, 0.15) is 0 Å². The summed E-state index contributed by atoms with van der Waals surface area (Å²) in [5.74, 6) is 1.39. The van der Waals surface area contributed by atoms with Gasteiger partial charge in [-0.25, -0.2) is 10.2 Å². The van der Waals surface area contributed by atoms with E-state index in [2.05, 4.69) is 20.9 Å². The third kappa shape index (κ3) is 2.65. The highest BCUT2D eigenvalue weighted by Gasteiger charge is 2.26. The molecule has 0 aliphatic carbocycles. The van der Waals surface area contributed by atoms with Crippen molar-refractivity contribution < 1.29 is 14.3 Å². The molecule has 26 heavy (non-hydrogen) atoms. The summed E-state index contributed by atoms with van der Waals surface area (Å²) in [7, 11) is 3.23. The fourth-order valence-corrected chi connectivity index (χ4v) is 3.29. The molecule has 134 valence electrons. The predicted molar refractivity (Wildman–Crippen MR) is 98.8 cm³/mol. The zero-order valence-electron chi connectivity index (χ0n) is 14.5. The SMILES string of the molecule is COc1ccc2c(c1OC)CCN2NC(=O)Nc1cccc2[nH]ncc12. The first-order valence-corrected chi connectivity index (χ1v) is 8.22. The smallest absolute Gasteiger partial charge is 0.338 e. The molecule has 0 fully saturated rings. The lowest BCUT2D eigenvalue weighted by atomic mass is 10.1. The molecular weight excluding hydrogens is 334 g/mol. The number of methoxy groups -OCH3 is 2.